The highest BCUT2D eigenvalue weighted by Crippen LogP contribution is 2.23. The molecule has 1 fully saturated rings. The van der Waals surface area contributed by atoms with Gasteiger partial charge in [0, 0.05) is 18.3 Å². The molecule has 1 aliphatic rings. The van der Waals surface area contributed by atoms with Crippen LogP contribution in [0.15, 0.2) is 18.2 Å². The van der Waals surface area contributed by atoms with Crippen LogP contribution in [0.25, 0.3) is 0 Å². The van der Waals surface area contributed by atoms with Crippen LogP contribution in [0.3, 0.4) is 0 Å². The number of halogens is 2. The molecular formula is C12H14F2N2O. The zero-order valence-electron chi connectivity index (χ0n) is 9.54. The van der Waals surface area contributed by atoms with E-state index < -0.39 is 11.6 Å². The quantitative estimate of drug-likeness (QED) is 0.871. The van der Waals surface area contributed by atoms with Crippen molar-refractivity contribution in [1.82, 2.24) is 5.32 Å². The average Bonchev–Trinajstić information content (AvgIpc) is 2.60. The van der Waals surface area contributed by atoms with E-state index in [0.29, 0.717) is 19.5 Å². The fourth-order valence-electron chi connectivity index (χ4n) is 2.07. The number of hydrogen-bond donors (Lipinski definition) is 1. The molecule has 1 atom stereocenters. The van der Waals surface area contributed by atoms with Crippen molar-refractivity contribution >= 4 is 11.6 Å². The summed E-state index contributed by atoms with van der Waals surface area (Å²) in [6.45, 7) is 3.10. The SMILES string of the molecule is CCNC1CCN(c2cc(F)cc(F)c2)C1=O. The Kier molecular flexibility index (Phi) is 3.38. The van der Waals surface area contributed by atoms with Gasteiger partial charge in [-0.05, 0) is 25.1 Å². The molecular weight excluding hydrogens is 226 g/mol. The Balaban J connectivity index is 2.21. The highest BCUT2D eigenvalue weighted by atomic mass is 19.1. The largest absolute Gasteiger partial charge is 0.311 e. The van der Waals surface area contributed by atoms with Crippen LogP contribution in [0.2, 0.25) is 0 Å². The molecule has 17 heavy (non-hydrogen) atoms. The number of benzene rings is 1. The van der Waals surface area contributed by atoms with Crippen LogP contribution < -0.4 is 10.2 Å². The molecule has 0 saturated carbocycles. The van der Waals surface area contributed by atoms with Crippen molar-refractivity contribution < 1.29 is 13.6 Å². The molecule has 5 heteroatoms. The molecule has 0 bridgehead atoms. The molecule has 1 heterocycles. The Labute approximate surface area is 98.4 Å². The highest BCUT2D eigenvalue weighted by Gasteiger charge is 2.32. The summed E-state index contributed by atoms with van der Waals surface area (Å²) < 4.78 is 26.1. The third kappa shape index (κ3) is 2.44. The molecule has 1 aromatic carbocycles. The molecule has 92 valence electrons. The normalized spacial score (nSPS) is 20.1. The van der Waals surface area contributed by atoms with Crippen LogP contribution in [0.4, 0.5) is 14.5 Å². The third-order valence-electron chi connectivity index (χ3n) is 2.82. The summed E-state index contributed by atoms with van der Waals surface area (Å²) in [5.74, 6) is -1.46. The lowest BCUT2D eigenvalue weighted by atomic mass is 10.2. The van der Waals surface area contributed by atoms with Crippen molar-refractivity contribution in [3.05, 3.63) is 29.8 Å². The van der Waals surface area contributed by atoms with Crippen molar-refractivity contribution in [2.45, 2.75) is 19.4 Å². The molecule has 3 nitrogen and oxygen atoms in total. The lowest BCUT2D eigenvalue weighted by Gasteiger charge is -2.17. The van der Waals surface area contributed by atoms with Gasteiger partial charge in [-0.15, -0.1) is 0 Å². The first-order valence-corrected chi connectivity index (χ1v) is 5.62. The third-order valence-corrected chi connectivity index (χ3v) is 2.82. The summed E-state index contributed by atoms with van der Waals surface area (Å²) in [4.78, 5) is 13.4. The molecule has 1 saturated heterocycles. The van der Waals surface area contributed by atoms with Gasteiger partial charge < -0.3 is 10.2 Å². The molecule has 0 aliphatic carbocycles. The van der Waals surface area contributed by atoms with Gasteiger partial charge in [-0.25, -0.2) is 8.78 Å². The number of carbonyl (C=O) groups excluding carboxylic acids is 1. The summed E-state index contributed by atoms with van der Waals surface area (Å²) in [7, 11) is 0. The maximum absolute atomic E-state index is 13.1. The van der Waals surface area contributed by atoms with Crippen LogP contribution >= 0.6 is 0 Å². The monoisotopic (exact) mass is 240 g/mol. The molecule has 2 rings (SSSR count). The molecule has 1 amide bonds. The van der Waals surface area contributed by atoms with E-state index in [0.717, 1.165) is 6.07 Å². The predicted molar refractivity (Wildman–Crippen MR) is 60.8 cm³/mol. The first-order chi connectivity index (χ1) is 8.11. The van der Waals surface area contributed by atoms with Gasteiger partial charge in [-0.3, -0.25) is 4.79 Å². The fraction of sp³-hybridized carbons (Fsp3) is 0.417. The minimum Gasteiger partial charge on any atom is -0.311 e. The molecule has 0 aromatic heterocycles. The molecule has 0 spiro atoms. The smallest absolute Gasteiger partial charge is 0.244 e. The summed E-state index contributed by atoms with van der Waals surface area (Å²) >= 11 is 0. The van der Waals surface area contributed by atoms with E-state index in [9.17, 15) is 13.6 Å². The lowest BCUT2D eigenvalue weighted by molar-refractivity contribution is -0.118. The van der Waals surface area contributed by atoms with Gasteiger partial charge in [0.05, 0.1) is 6.04 Å². The number of anilines is 1. The van der Waals surface area contributed by atoms with E-state index in [2.05, 4.69) is 5.32 Å². The Morgan fingerprint density at radius 2 is 2.00 bits per heavy atom. The van der Waals surface area contributed by atoms with E-state index in [-0.39, 0.29) is 17.6 Å². The van der Waals surface area contributed by atoms with Crippen LogP contribution in [0, 0.1) is 11.6 Å². The predicted octanol–water partition coefficient (Wildman–Crippen LogP) is 1.68. The van der Waals surface area contributed by atoms with Gasteiger partial charge in [0.25, 0.3) is 0 Å². The van der Waals surface area contributed by atoms with Crippen molar-refractivity contribution in [2.24, 2.45) is 0 Å². The van der Waals surface area contributed by atoms with Crippen LogP contribution in [0.5, 0.6) is 0 Å². The van der Waals surface area contributed by atoms with Gasteiger partial charge in [-0.2, -0.15) is 0 Å². The molecule has 1 N–H and O–H groups in total. The van der Waals surface area contributed by atoms with E-state index >= 15 is 0 Å². The van der Waals surface area contributed by atoms with E-state index in [1.807, 2.05) is 6.92 Å². The summed E-state index contributed by atoms with van der Waals surface area (Å²) in [5.41, 5.74) is 0.285. The summed E-state index contributed by atoms with van der Waals surface area (Å²) in [6.07, 6.45) is 0.658. The van der Waals surface area contributed by atoms with Crippen LogP contribution in [0.1, 0.15) is 13.3 Å². The fourth-order valence-corrected chi connectivity index (χ4v) is 2.07. The average molecular weight is 240 g/mol. The lowest BCUT2D eigenvalue weighted by Crippen LogP contribution is -2.38. The number of rotatable bonds is 3. The zero-order chi connectivity index (χ0) is 12.4. The van der Waals surface area contributed by atoms with Gasteiger partial charge in [0.2, 0.25) is 5.91 Å². The second kappa shape index (κ2) is 4.79. The topological polar surface area (TPSA) is 32.3 Å². The van der Waals surface area contributed by atoms with Gasteiger partial charge >= 0.3 is 0 Å². The van der Waals surface area contributed by atoms with Gasteiger partial charge in [-0.1, -0.05) is 6.92 Å². The Hall–Kier alpha value is -1.49. The van der Waals surface area contributed by atoms with E-state index in [1.165, 1.54) is 17.0 Å². The van der Waals surface area contributed by atoms with Crippen molar-refractivity contribution in [3.8, 4) is 0 Å². The Bertz CT molecular complexity index is 416. The first kappa shape index (κ1) is 12.0. The number of carbonyl (C=O) groups is 1. The van der Waals surface area contributed by atoms with Gasteiger partial charge in [0.1, 0.15) is 11.6 Å². The summed E-state index contributed by atoms with van der Waals surface area (Å²) in [5, 5.41) is 3.04. The van der Waals surface area contributed by atoms with Crippen LogP contribution in [-0.4, -0.2) is 25.0 Å². The maximum Gasteiger partial charge on any atom is 0.244 e. The second-order valence-corrected chi connectivity index (χ2v) is 4.02. The molecule has 1 unspecified atom stereocenters. The number of nitrogens with zero attached hydrogens (tertiary/aromatic N) is 1. The number of nitrogens with one attached hydrogen (secondary N) is 1. The van der Waals surface area contributed by atoms with Crippen molar-refractivity contribution in [1.29, 1.82) is 0 Å². The number of likely N-dealkylation sites (N-methyl/N-ethyl adjacent to an activating group) is 1. The second-order valence-electron chi connectivity index (χ2n) is 4.02. The number of hydrogen-bond acceptors (Lipinski definition) is 2. The standard InChI is InChI=1S/C12H14F2N2O/c1-2-15-11-3-4-16(12(11)17)10-6-8(13)5-9(14)7-10/h5-7,11,15H,2-4H2,1H3. The zero-order valence-corrected chi connectivity index (χ0v) is 9.54. The first-order valence-electron chi connectivity index (χ1n) is 5.62. The Morgan fingerprint density at radius 1 is 1.35 bits per heavy atom. The van der Waals surface area contributed by atoms with Gasteiger partial charge in [0.15, 0.2) is 0 Å². The minimum absolute atomic E-state index is 0.128. The molecule has 1 aliphatic heterocycles. The van der Waals surface area contributed by atoms with E-state index in [1.54, 1.807) is 0 Å². The van der Waals surface area contributed by atoms with Crippen molar-refractivity contribution in [3.63, 3.8) is 0 Å². The summed E-state index contributed by atoms with van der Waals surface area (Å²) in [6, 6.07) is 2.91. The maximum atomic E-state index is 13.1. The minimum atomic E-state index is -0.667. The Morgan fingerprint density at radius 3 is 2.59 bits per heavy atom. The molecule has 1 aromatic rings. The highest BCUT2D eigenvalue weighted by molar-refractivity contribution is 5.99. The van der Waals surface area contributed by atoms with E-state index in [4.69, 9.17) is 0 Å². The van der Waals surface area contributed by atoms with Crippen molar-refractivity contribution in [2.75, 3.05) is 18.0 Å². The number of amides is 1. The van der Waals surface area contributed by atoms with Crippen LogP contribution in [-0.2, 0) is 4.79 Å². The molecule has 0 radical (unpaired) electrons.